The Bertz CT molecular complexity index is 411. The van der Waals surface area contributed by atoms with Crippen molar-refractivity contribution in [1.29, 1.82) is 0 Å². The molecule has 5 heteroatoms. The molecule has 0 aliphatic rings. The third-order valence-electron chi connectivity index (χ3n) is 2.37. The van der Waals surface area contributed by atoms with Gasteiger partial charge in [-0.2, -0.15) is 0 Å². The Labute approximate surface area is 123 Å². The number of alkyl halides is 1. The lowest BCUT2D eigenvalue weighted by Crippen LogP contribution is -2.29. The Hall–Kier alpha value is -0.170. The second-order valence-corrected chi connectivity index (χ2v) is 6.65. The molecule has 17 heavy (non-hydrogen) atoms. The van der Waals surface area contributed by atoms with Crippen LogP contribution in [0.1, 0.15) is 23.7 Å². The second kappa shape index (κ2) is 6.68. The first-order chi connectivity index (χ1) is 7.91. The summed E-state index contributed by atoms with van der Waals surface area (Å²) < 4.78 is 13.6. The Morgan fingerprint density at radius 1 is 1.59 bits per heavy atom. The van der Waals surface area contributed by atoms with Crippen LogP contribution in [-0.4, -0.2) is 29.2 Å². The number of carbonyl (C=O) groups is 1. The molecule has 0 saturated carbocycles. The average Bonchev–Trinajstić information content (AvgIpc) is 2.25. The molecule has 1 aromatic rings. The number of nitrogens with zero attached hydrogens (tertiary/aromatic N) is 1. The van der Waals surface area contributed by atoms with E-state index in [9.17, 15) is 9.18 Å². The van der Waals surface area contributed by atoms with Crippen LogP contribution in [0.25, 0.3) is 0 Å². The van der Waals surface area contributed by atoms with Gasteiger partial charge in [-0.3, -0.25) is 4.79 Å². The maximum atomic E-state index is 12.9. The van der Waals surface area contributed by atoms with Crippen molar-refractivity contribution in [2.24, 2.45) is 0 Å². The summed E-state index contributed by atoms with van der Waals surface area (Å²) in [7, 11) is 1.76. The van der Waals surface area contributed by atoms with E-state index in [0.717, 1.165) is 6.42 Å². The van der Waals surface area contributed by atoms with Gasteiger partial charge in [-0.25, -0.2) is 4.39 Å². The monoisotopic (exact) mass is 413 g/mol. The maximum absolute atomic E-state index is 12.9. The highest BCUT2D eigenvalue weighted by molar-refractivity contribution is 14.1. The van der Waals surface area contributed by atoms with Crippen molar-refractivity contribution < 1.29 is 9.18 Å². The fourth-order valence-corrected chi connectivity index (χ4v) is 2.25. The lowest BCUT2D eigenvalue weighted by molar-refractivity contribution is 0.0793. The third kappa shape index (κ3) is 4.54. The number of amides is 1. The van der Waals surface area contributed by atoms with Crippen LogP contribution in [0.4, 0.5) is 4.39 Å². The van der Waals surface area contributed by atoms with Crippen molar-refractivity contribution in [1.82, 2.24) is 4.90 Å². The number of hydrogen-bond donors (Lipinski definition) is 0. The molecule has 2 nitrogen and oxygen atoms in total. The summed E-state index contributed by atoms with van der Waals surface area (Å²) in [5.74, 6) is -0.384. The van der Waals surface area contributed by atoms with Gasteiger partial charge in [-0.1, -0.05) is 22.9 Å². The molecule has 0 aliphatic carbocycles. The van der Waals surface area contributed by atoms with Crippen LogP contribution in [0, 0.1) is 9.39 Å². The third-order valence-corrected chi connectivity index (χ3v) is 3.72. The lowest BCUT2D eigenvalue weighted by Gasteiger charge is -2.18. The first kappa shape index (κ1) is 14.9. The van der Waals surface area contributed by atoms with Crippen LogP contribution in [0.3, 0.4) is 0 Å². The minimum atomic E-state index is -0.317. The molecular weight excluding hydrogens is 400 g/mol. The second-order valence-electron chi connectivity index (χ2n) is 3.92. The minimum absolute atomic E-state index is 0.0671. The molecule has 94 valence electrons. The topological polar surface area (TPSA) is 20.3 Å². The molecule has 0 radical (unpaired) electrons. The Kier molecular flexibility index (Phi) is 5.85. The Morgan fingerprint density at radius 2 is 2.24 bits per heavy atom. The largest absolute Gasteiger partial charge is 0.342 e. The van der Waals surface area contributed by atoms with Crippen molar-refractivity contribution in [3.05, 3.63) is 33.1 Å². The van der Waals surface area contributed by atoms with E-state index >= 15 is 0 Å². The van der Waals surface area contributed by atoms with Gasteiger partial charge in [0.05, 0.1) is 5.56 Å². The molecule has 1 aromatic carbocycles. The van der Waals surface area contributed by atoms with Gasteiger partial charge >= 0.3 is 0 Å². The van der Waals surface area contributed by atoms with Gasteiger partial charge in [0.1, 0.15) is 5.82 Å². The van der Waals surface area contributed by atoms with Crippen LogP contribution in [-0.2, 0) is 0 Å². The summed E-state index contributed by atoms with van der Waals surface area (Å²) in [6.07, 6.45) is 0.889. The van der Waals surface area contributed by atoms with Crippen molar-refractivity contribution in [2.75, 3.05) is 13.6 Å². The lowest BCUT2D eigenvalue weighted by atomic mass is 10.2. The van der Waals surface area contributed by atoms with Gasteiger partial charge in [0.15, 0.2) is 0 Å². The predicted octanol–water partition coefficient (Wildman–Crippen LogP) is 3.68. The molecule has 1 atom stereocenters. The van der Waals surface area contributed by atoms with Crippen molar-refractivity contribution >= 4 is 44.4 Å². The zero-order valence-corrected chi connectivity index (χ0v) is 13.5. The number of hydrogen-bond acceptors (Lipinski definition) is 1. The predicted molar refractivity (Wildman–Crippen MR) is 79.1 cm³/mol. The van der Waals surface area contributed by atoms with Crippen molar-refractivity contribution in [3.63, 3.8) is 0 Å². The minimum Gasteiger partial charge on any atom is -0.342 e. The highest BCUT2D eigenvalue weighted by Gasteiger charge is 2.15. The molecule has 1 unspecified atom stereocenters. The van der Waals surface area contributed by atoms with E-state index in [1.165, 1.54) is 18.2 Å². The van der Waals surface area contributed by atoms with E-state index in [-0.39, 0.29) is 11.7 Å². The molecule has 1 amide bonds. The fourth-order valence-electron chi connectivity index (χ4n) is 1.34. The van der Waals surface area contributed by atoms with E-state index in [1.54, 1.807) is 11.9 Å². The molecule has 0 saturated heterocycles. The quantitative estimate of drug-likeness (QED) is 0.544. The molecule has 0 N–H and O–H groups in total. The van der Waals surface area contributed by atoms with Gasteiger partial charge in [-0.15, -0.1) is 0 Å². The number of rotatable bonds is 4. The van der Waals surface area contributed by atoms with E-state index < -0.39 is 0 Å². The molecule has 1 rings (SSSR count). The zero-order chi connectivity index (χ0) is 13.0. The average molecular weight is 414 g/mol. The summed E-state index contributed by atoms with van der Waals surface area (Å²) in [5, 5.41) is 0. The van der Waals surface area contributed by atoms with E-state index in [1.807, 2.05) is 29.5 Å². The van der Waals surface area contributed by atoms with Crippen LogP contribution in [0.2, 0.25) is 0 Å². The zero-order valence-electron chi connectivity index (χ0n) is 9.71. The molecule has 0 bridgehead atoms. The van der Waals surface area contributed by atoms with Crippen LogP contribution in [0.5, 0.6) is 0 Å². The normalized spacial score (nSPS) is 12.3. The molecule has 0 aliphatic heterocycles. The molecule has 0 aromatic heterocycles. The summed E-state index contributed by atoms with van der Waals surface area (Å²) >= 11 is 5.42. The van der Waals surface area contributed by atoms with E-state index in [0.29, 0.717) is 20.5 Å². The Morgan fingerprint density at radius 3 is 2.76 bits per heavy atom. The molecule has 0 fully saturated rings. The number of halogens is 3. The van der Waals surface area contributed by atoms with Crippen molar-refractivity contribution in [3.8, 4) is 0 Å². The summed E-state index contributed by atoms with van der Waals surface area (Å²) in [6, 6.07) is 4.22. The molecule has 0 spiro atoms. The SMILES string of the molecule is CC(Br)CCN(C)C(=O)c1ccc(F)cc1I. The van der Waals surface area contributed by atoms with Gasteiger partial charge < -0.3 is 4.90 Å². The fraction of sp³-hybridized carbons (Fsp3) is 0.417. The summed E-state index contributed by atoms with van der Waals surface area (Å²) in [4.78, 5) is 14.1. The van der Waals surface area contributed by atoms with Gasteiger partial charge in [-0.05, 0) is 47.2 Å². The standard InChI is InChI=1S/C12H14BrFINO/c1-8(13)5-6-16(2)12(17)10-4-3-9(14)7-11(10)15/h3-4,7-8H,5-6H2,1-2H3. The van der Waals surface area contributed by atoms with Crippen LogP contribution >= 0.6 is 38.5 Å². The van der Waals surface area contributed by atoms with Gasteiger partial charge in [0.2, 0.25) is 0 Å². The summed E-state index contributed by atoms with van der Waals surface area (Å²) in [5.41, 5.74) is 0.553. The number of benzene rings is 1. The highest BCUT2D eigenvalue weighted by Crippen LogP contribution is 2.16. The number of carbonyl (C=O) groups excluding carboxylic acids is 1. The Balaban J connectivity index is 2.75. The molecule has 0 heterocycles. The first-order valence-electron chi connectivity index (χ1n) is 5.26. The van der Waals surface area contributed by atoms with Gasteiger partial charge in [0, 0.05) is 22.0 Å². The van der Waals surface area contributed by atoms with Crippen LogP contribution < -0.4 is 0 Å². The van der Waals surface area contributed by atoms with Crippen molar-refractivity contribution in [2.45, 2.75) is 18.2 Å². The molecular formula is C12H14BrFINO. The smallest absolute Gasteiger partial charge is 0.254 e. The maximum Gasteiger partial charge on any atom is 0.254 e. The highest BCUT2D eigenvalue weighted by atomic mass is 127. The van der Waals surface area contributed by atoms with E-state index in [4.69, 9.17) is 0 Å². The van der Waals surface area contributed by atoms with E-state index in [2.05, 4.69) is 15.9 Å². The van der Waals surface area contributed by atoms with Gasteiger partial charge in [0.25, 0.3) is 5.91 Å². The van der Waals surface area contributed by atoms with Crippen LogP contribution in [0.15, 0.2) is 18.2 Å². The first-order valence-corrected chi connectivity index (χ1v) is 7.26. The summed E-state index contributed by atoms with van der Waals surface area (Å²) in [6.45, 7) is 2.72.